The molecule has 2 N–H and O–H groups in total. The minimum absolute atomic E-state index is 0. The number of nitrogens with two attached hydrogens (primary N) is 1. The van der Waals surface area contributed by atoms with Crippen molar-refractivity contribution in [3.63, 3.8) is 0 Å². The van der Waals surface area contributed by atoms with Gasteiger partial charge >= 0.3 is 12.4 Å². The van der Waals surface area contributed by atoms with Crippen LogP contribution in [0.2, 0.25) is 0 Å². The van der Waals surface area contributed by atoms with Crippen LogP contribution in [0, 0.1) is 11.3 Å². The molecule has 0 saturated heterocycles. The Hall–Kier alpha value is -5.46. The van der Waals surface area contributed by atoms with Crippen LogP contribution in [0.4, 0.5) is 26.3 Å². The Morgan fingerprint density at radius 3 is 1.43 bits per heavy atom. The Labute approximate surface area is 372 Å². The summed E-state index contributed by atoms with van der Waals surface area (Å²) in [6.07, 6.45) is -6.71. The van der Waals surface area contributed by atoms with E-state index in [0.29, 0.717) is 96.2 Å². The number of benzene rings is 4. The molecule has 340 valence electrons. The summed E-state index contributed by atoms with van der Waals surface area (Å²) >= 11 is 9.53. The van der Waals surface area contributed by atoms with Crippen LogP contribution in [0.5, 0.6) is 11.5 Å². The highest BCUT2D eigenvalue weighted by molar-refractivity contribution is 6.40. The predicted octanol–water partition coefficient (Wildman–Crippen LogP) is 13.8. The van der Waals surface area contributed by atoms with Crippen LogP contribution in [-0.2, 0) is 42.8 Å². The van der Waals surface area contributed by atoms with E-state index in [1.54, 1.807) is 54.6 Å². The second kappa shape index (κ2) is 23.8. The molecule has 6 rings (SSSR count). The molecule has 0 aliphatic rings. The highest BCUT2D eigenvalue weighted by Gasteiger charge is 2.40. The van der Waals surface area contributed by atoms with Gasteiger partial charge in [0.25, 0.3) is 5.91 Å². The van der Waals surface area contributed by atoms with Crippen molar-refractivity contribution >= 4 is 51.0 Å². The number of fused-ring (bicyclic) bond motifs is 2. The first-order chi connectivity index (χ1) is 29.6. The summed E-state index contributed by atoms with van der Waals surface area (Å²) in [7, 11) is 0. The highest BCUT2D eigenvalue weighted by atomic mass is 35.5. The molecule has 2 unspecified atom stereocenters. The molecule has 0 fully saturated rings. The molecule has 0 spiro atoms. The van der Waals surface area contributed by atoms with Crippen LogP contribution in [0.15, 0.2) is 81.8 Å². The number of ether oxygens (including phenoxy) is 2. The van der Waals surface area contributed by atoms with Gasteiger partial charge in [0, 0.05) is 22.3 Å². The Balaban J connectivity index is 0.000000311. The Kier molecular flexibility index (Phi) is 19.6. The monoisotopic (exact) mass is 922 g/mol. The van der Waals surface area contributed by atoms with E-state index in [0.717, 1.165) is 0 Å². The Bertz CT molecular complexity index is 2420. The molecule has 6 aromatic rings. The molecule has 0 saturated carbocycles. The van der Waals surface area contributed by atoms with Crippen molar-refractivity contribution in [1.82, 2.24) is 10.3 Å². The summed E-state index contributed by atoms with van der Waals surface area (Å²) in [5.74, 6) is 0.0601. The topological polar surface area (TPSA) is 137 Å². The van der Waals surface area contributed by atoms with Crippen molar-refractivity contribution < 1.29 is 49.7 Å². The SMILES string of the molecule is C.CCCc1cc2c(C(F)(F)F)noc2c(CCC)c1OC(C#N)c1ccccc1.CCCc1cc2c(C(F)(F)F)noc2c(CCC)c1OC(C(N)=O)c1ccccc1.ClCCl. The zero-order valence-electron chi connectivity index (χ0n) is 34.4. The minimum atomic E-state index is -4.64. The van der Waals surface area contributed by atoms with Gasteiger partial charge in [-0.15, -0.1) is 23.2 Å². The third-order valence-corrected chi connectivity index (χ3v) is 9.40. The molecule has 9 nitrogen and oxygen atoms in total. The average Bonchev–Trinajstić information content (AvgIpc) is 3.87. The van der Waals surface area contributed by atoms with Gasteiger partial charge in [0.05, 0.1) is 16.1 Å². The Morgan fingerprint density at radius 1 is 0.698 bits per heavy atom. The lowest BCUT2D eigenvalue weighted by Crippen LogP contribution is -2.26. The van der Waals surface area contributed by atoms with E-state index >= 15 is 0 Å². The molecule has 17 heteroatoms. The van der Waals surface area contributed by atoms with Gasteiger partial charge in [0.1, 0.15) is 17.6 Å². The third kappa shape index (κ3) is 12.8. The summed E-state index contributed by atoms with van der Waals surface area (Å²) in [5, 5.41) is 16.2. The first-order valence-corrected chi connectivity index (χ1v) is 20.9. The van der Waals surface area contributed by atoms with Crippen molar-refractivity contribution in [2.24, 2.45) is 5.73 Å². The zero-order valence-corrected chi connectivity index (χ0v) is 35.9. The molecule has 2 heterocycles. The quantitative estimate of drug-likeness (QED) is 0.0794. The van der Waals surface area contributed by atoms with Crippen molar-refractivity contribution in [1.29, 1.82) is 5.26 Å². The van der Waals surface area contributed by atoms with Gasteiger partial charge in [-0.2, -0.15) is 31.6 Å². The summed E-state index contributed by atoms with van der Waals surface area (Å²) in [4.78, 5) is 12.2. The van der Waals surface area contributed by atoms with Gasteiger partial charge in [-0.1, -0.05) is 132 Å². The van der Waals surface area contributed by atoms with Crippen LogP contribution in [0.3, 0.4) is 0 Å². The van der Waals surface area contributed by atoms with Gasteiger partial charge in [0.2, 0.25) is 12.2 Å². The molecular formula is C46H50Cl2F6N4O5. The van der Waals surface area contributed by atoms with Gasteiger partial charge < -0.3 is 24.3 Å². The number of rotatable bonds is 15. The number of carbonyl (C=O) groups excluding carboxylic acids is 1. The number of amides is 1. The molecule has 0 radical (unpaired) electrons. The number of primary amides is 1. The number of carbonyl (C=O) groups is 1. The number of hydrogen-bond acceptors (Lipinski definition) is 8. The maximum absolute atomic E-state index is 13.4. The molecule has 0 aliphatic heterocycles. The predicted molar refractivity (Wildman–Crippen MR) is 232 cm³/mol. The zero-order chi connectivity index (χ0) is 45.6. The lowest BCUT2D eigenvalue weighted by Gasteiger charge is -2.22. The standard InChI is InChI=1S/C22H23F3N2O3.C22H21F3N2O2.CH2Cl2.CH4/c1-3-8-14-12-16-19(30-27-20(16)22(23,24)25)15(9-4-2)17(14)29-18(21(26)28)13-10-6-5-7-11-13;1-3-8-15-12-17-20(29-27-21(17)22(23,24)25)16(9-4-2)19(15)28-18(13-26)14-10-6-5-7-11-14;2-1-3;/h5-7,10-12,18H,3-4,8-9H2,1-2H3,(H2,26,28);5-7,10-12,18H,3-4,8-9H2,1-2H3;1H2;1H4. The fourth-order valence-corrected chi connectivity index (χ4v) is 6.89. The van der Waals surface area contributed by atoms with E-state index in [4.69, 9.17) is 47.5 Å². The number of alkyl halides is 8. The summed E-state index contributed by atoms with van der Waals surface area (Å²) in [6, 6.07) is 22.7. The maximum Gasteiger partial charge on any atom is 0.437 e. The van der Waals surface area contributed by atoms with E-state index in [1.165, 1.54) is 12.1 Å². The molecule has 1 amide bonds. The summed E-state index contributed by atoms with van der Waals surface area (Å²) in [6.45, 7) is 7.66. The van der Waals surface area contributed by atoms with Crippen LogP contribution in [-0.4, -0.2) is 21.6 Å². The summed E-state index contributed by atoms with van der Waals surface area (Å²) in [5.41, 5.74) is 6.98. The van der Waals surface area contributed by atoms with E-state index in [1.807, 2.05) is 33.8 Å². The number of aromatic nitrogens is 2. The fraction of sp³-hybridized carbons (Fsp3) is 0.391. The molecule has 0 bridgehead atoms. The van der Waals surface area contributed by atoms with E-state index in [2.05, 4.69) is 16.4 Å². The number of halogens is 8. The number of aryl methyl sites for hydroxylation is 4. The highest BCUT2D eigenvalue weighted by Crippen LogP contribution is 2.43. The molecule has 2 aromatic heterocycles. The molecule has 2 atom stereocenters. The smallest absolute Gasteiger partial charge is 0.437 e. The van der Waals surface area contributed by atoms with Crippen LogP contribution in [0.25, 0.3) is 21.9 Å². The second-order valence-corrected chi connectivity index (χ2v) is 14.8. The Morgan fingerprint density at radius 2 is 1.08 bits per heavy atom. The average molecular weight is 924 g/mol. The number of hydrogen-bond donors (Lipinski definition) is 1. The van der Waals surface area contributed by atoms with Crippen molar-refractivity contribution in [3.05, 3.63) is 118 Å². The lowest BCUT2D eigenvalue weighted by atomic mass is 9.97. The first kappa shape index (κ1) is 51.9. The van der Waals surface area contributed by atoms with E-state index in [9.17, 15) is 36.4 Å². The van der Waals surface area contributed by atoms with Gasteiger partial charge in [0.15, 0.2) is 22.6 Å². The fourth-order valence-electron chi connectivity index (χ4n) is 6.89. The molecule has 63 heavy (non-hydrogen) atoms. The van der Waals surface area contributed by atoms with Crippen LogP contribution in [0.1, 0.15) is 118 Å². The number of nitriles is 1. The van der Waals surface area contributed by atoms with Crippen molar-refractivity contribution in [3.8, 4) is 17.6 Å². The van der Waals surface area contributed by atoms with Gasteiger partial charge in [-0.05, 0) is 48.9 Å². The third-order valence-electron chi connectivity index (χ3n) is 9.40. The minimum Gasteiger partial charge on any atom is -0.475 e. The van der Waals surface area contributed by atoms with Crippen molar-refractivity contribution in [2.45, 2.75) is 111 Å². The lowest BCUT2D eigenvalue weighted by molar-refractivity contribution is -0.142. The second-order valence-electron chi connectivity index (χ2n) is 13.9. The molecule has 0 aliphatic carbocycles. The first-order valence-electron chi connectivity index (χ1n) is 19.9. The maximum atomic E-state index is 13.4. The van der Waals surface area contributed by atoms with Gasteiger partial charge in [-0.3, -0.25) is 4.79 Å². The van der Waals surface area contributed by atoms with Crippen LogP contribution >= 0.6 is 23.2 Å². The van der Waals surface area contributed by atoms with E-state index < -0.39 is 41.9 Å². The van der Waals surface area contributed by atoms with Gasteiger partial charge in [-0.25, -0.2) is 0 Å². The number of nitrogens with zero attached hydrogens (tertiary/aromatic N) is 3. The van der Waals surface area contributed by atoms with E-state index in [-0.39, 0.29) is 34.7 Å². The van der Waals surface area contributed by atoms with Crippen LogP contribution < -0.4 is 15.2 Å². The molecular weight excluding hydrogens is 873 g/mol. The molecule has 4 aromatic carbocycles. The normalized spacial score (nSPS) is 12.2. The largest absolute Gasteiger partial charge is 0.475 e. The van der Waals surface area contributed by atoms with Crippen molar-refractivity contribution in [2.75, 3.05) is 5.34 Å². The summed E-state index contributed by atoms with van der Waals surface area (Å²) < 4.78 is 103.